The lowest BCUT2D eigenvalue weighted by Gasteiger charge is -2.06. The molecule has 116 valence electrons. The minimum Gasteiger partial charge on any atom is -0.349 e. The molecule has 2 heterocycles. The summed E-state index contributed by atoms with van der Waals surface area (Å²) in [6, 6.07) is 1.72. The molecule has 2 aromatic rings. The van der Waals surface area contributed by atoms with Gasteiger partial charge in [-0.2, -0.15) is 0 Å². The smallest absolute Gasteiger partial charge is 0.242 e. The van der Waals surface area contributed by atoms with Gasteiger partial charge in [0.15, 0.2) is 0 Å². The molecule has 2 rings (SSSR count). The van der Waals surface area contributed by atoms with E-state index in [4.69, 9.17) is 0 Å². The highest BCUT2D eigenvalue weighted by atomic mass is 32.2. The van der Waals surface area contributed by atoms with Crippen molar-refractivity contribution >= 4 is 21.4 Å². The maximum atomic E-state index is 12.3. The molecule has 6 nitrogen and oxygen atoms in total. The molecule has 2 aromatic heterocycles. The molecule has 21 heavy (non-hydrogen) atoms. The zero-order valence-electron chi connectivity index (χ0n) is 12.2. The Balaban J connectivity index is 2.16. The first-order valence-electron chi connectivity index (χ1n) is 6.77. The topological polar surface area (TPSA) is 76.0 Å². The van der Waals surface area contributed by atoms with Gasteiger partial charge in [0.05, 0.1) is 10.4 Å². The van der Waals surface area contributed by atoms with Gasteiger partial charge in [-0.05, 0) is 19.5 Å². The summed E-state index contributed by atoms with van der Waals surface area (Å²) in [7, 11) is -1.65. The van der Waals surface area contributed by atoms with Crippen LogP contribution >= 0.6 is 11.3 Å². The van der Waals surface area contributed by atoms with Gasteiger partial charge in [-0.3, -0.25) is 4.98 Å². The van der Waals surface area contributed by atoms with Crippen LogP contribution in [0, 0.1) is 0 Å². The Labute approximate surface area is 129 Å². The third-order valence-corrected chi connectivity index (χ3v) is 5.16. The quantitative estimate of drug-likeness (QED) is 0.771. The van der Waals surface area contributed by atoms with Gasteiger partial charge < -0.3 is 9.88 Å². The van der Waals surface area contributed by atoms with Gasteiger partial charge in [-0.15, -0.1) is 11.3 Å². The molecule has 0 unspecified atom stereocenters. The van der Waals surface area contributed by atoms with Crippen molar-refractivity contribution in [2.75, 3.05) is 7.05 Å². The van der Waals surface area contributed by atoms with Crippen molar-refractivity contribution < 1.29 is 8.42 Å². The molecular formula is C13H20N4O2S2. The molecule has 0 atom stereocenters. The zero-order chi connectivity index (χ0) is 15.3. The number of thiazole rings is 1. The molecule has 0 fully saturated rings. The van der Waals surface area contributed by atoms with Crippen molar-refractivity contribution in [2.45, 2.75) is 37.9 Å². The van der Waals surface area contributed by atoms with Crippen molar-refractivity contribution in [1.82, 2.24) is 19.6 Å². The molecule has 8 heteroatoms. The first-order chi connectivity index (χ1) is 10.1. The summed E-state index contributed by atoms with van der Waals surface area (Å²) in [5, 5.41) is 3.06. The Hall–Kier alpha value is -1.22. The van der Waals surface area contributed by atoms with Crippen molar-refractivity contribution in [3.05, 3.63) is 34.5 Å². The highest BCUT2D eigenvalue weighted by molar-refractivity contribution is 7.89. The number of hydrogen-bond donors (Lipinski definition) is 2. The van der Waals surface area contributed by atoms with Crippen molar-refractivity contribution in [3.63, 3.8) is 0 Å². The average Bonchev–Trinajstić information content (AvgIpc) is 3.08. The van der Waals surface area contributed by atoms with Gasteiger partial charge in [0.25, 0.3) is 0 Å². The maximum Gasteiger partial charge on any atom is 0.242 e. The molecule has 0 aromatic carbocycles. The molecular weight excluding hydrogens is 308 g/mol. The number of nitrogens with zero attached hydrogens (tertiary/aromatic N) is 2. The van der Waals surface area contributed by atoms with Gasteiger partial charge in [0, 0.05) is 42.6 Å². The van der Waals surface area contributed by atoms with Gasteiger partial charge >= 0.3 is 0 Å². The van der Waals surface area contributed by atoms with Crippen LogP contribution in [0.3, 0.4) is 0 Å². The van der Waals surface area contributed by atoms with Crippen LogP contribution in [0.2, 0.25) is 0 Å². The normalized spacial score (nSPS) is 11.9. The molecule has 0 spiro atoms. The Morgan fingerprint density at radius 1 is 1.38 bits per heavy atom. The van der Waals surface area contributed by atoms with E-state index in [1.165, 1.54) is 11.3 Å². The molecule has 0 aliphatic carbocycles. The molecule has 0 aliphatic heterocycles. The Bertz CT molecular complexity index is 639. The van der Waals surface area contributed by atoms with Gasteiger partial charge in [-0.25, -0.2) is 13.1 Å². The largest absolute Gasteiger partial charge is 0.349 e. The van der Waals surface area contributed by atoms with Crippen molar-refractivity contribution in [1.29, 1.82) is 0 Å². The summed E-state index contributed by atoms with van der Waals surface area (Å²) >= 11 is 1.43. The van der Waals surface area contributed by atoms with E-state index in [1.54, 1.807) is 24.0 Å². The number of sulfonamides is 1. The van der Waals surface area contributed by atoms with E-state index in [9.17, 15) is 8.42 Å². The van der Waals surface area contributed by atoms with Crippen LogP contribution in [0.25, 0.3) is 0 Å². The molecule has 0 aliphatic rings. The number of rotatable bonds is 8. The second-order valence-electron chi connectivity index (χ2n) is 4.68. The molecule has 0 amide bonds. The minimum absolute atomic E-state index is 0.271. The van der Waals surface area contributed by atoms with E-state index in [0.717, 1.165) is 23.5 Å². The maximum absolute atomic E-state index is 12.3. The van der Waals surface area contributed by atoms with Crippen LogP contribution in [0.15, 0.2) is 28.9 Å². The molecule has 0 bridgehead atoms. The zero-order valence-corrected chi connectivity index (χ0v) is 13.8. The van der Waals surface area contributed by atoms with E-state index >= 15 is 0 Å². The van der Waals surface area contributed by atoms with E-state index in [-0.39, 0.29) is 6.54 Å². The standard InChI is InChI=1S/C13H20N4O2S2/c1-3-4-17-9-13(5-11(17)6-14-2)21(18,19)16-8-12-7-15-10-20-12/h5,7,9-10,14,16H,3-4,6,8H2,1-2H3. The van der Waals surface area contributed by atoms with Crippen molar-refractivity contribution in [2.24, 2.45) is 0 Å². The molecule has 2 N–H and O–H groups in total. The van der Waals surface area contributed by atoms with Crippen LogP contribution in [0.5, 0.6) is 0 Å². The monoisotopic (exact) mass is 328 g/mol. The lowest BCUT2D eigenvalue weighted by molar-refractivity contribution is 0.580. The third kappa shape index (κ3) is 4.13. The molecule has 0 saturated carbocycles. The van der Waals surface area contributed by atoms with Gasteiger partial charge in [0.2, 0.25) is 10.0 Å². The fourth-order valence-corrected chi connectivity index (χ4v) is 3.72. The molecule has 0 saturated heterocycles. The number of nitrogens with one attached hydrogen (secondary N) is 2. The van der Waals surface area contributed by atoms with Crippen LogP contribution in [0.1, 0.15) is 23.9 Å². The summed E-state index contributed by atoms with van der Waals surface area (Å²) < 4.78 is 29.3. The van der Waals surface area contributed by atoms with E-state index in [2.05, 4.69) is 21.9 Å². The Kier molecular flexibility index (Phi) is 5.51. The SMILES string of the molecule is CCCn1cc(S(=O)(=O)NCc2cncs2)cc1CNC. The second kappa shape index (κ2) is 7.17. The Morgan fingerprint density at radius 2 is 2.19 bits per heavy atom. The highest BCUT2D eigenvalue weighted by Crippen LogP contribution is 2.16. The van der Waals surface area contributed by atoms with Crippen LogP contribution in [-0.4, -0.2) is 25.0 Å². The van der Waals surface area contributed by atoms with Gasteiger partial charge in [0.1, 0.15) is 0 Å². The predicted molar refractivity (Wildman–Crippen MR) is 83.6 cm³/mol. The highest BCUT2D eigenvalue weighted by Gasteiger charge is 2.18. The van der Waals surface area contributed by atoms with E-state index < -0.39 is 10.0 Å². The summed E-state index contributed by atoms with van der Waals surface area (Å²) in [5.74, 6) is 0. The van der Waals surface area contributed by atoms with E-state index in [1.807, 2.05) is 11.6 Å². The van der Waals surface area contributed by atoms with Crippen molar-refractivity contribution in [3.8, 4) is 0 Å². The van der Waals surface area contributed by atoms with E-state index in [0.29, 0.717) is 11.4 Å². The lowest BCUT2D eigenvalue weighted by Crippen LogP contribution is -2.22. The summed E-state index contributed by atoms with van der Waals surface area (Å²) in [6.07, 6.45) is 4.33. The van der Waals surface area contributed by atoms with Crippen LogP contribution in [0.4, 0.5) is 0 Å². The van der Waals surface area contributed by atoms with Crippen LogP contribution < -0.4 is 10.0 Å². The lowest BCUT2D eigenvalue weighted by atomic mass is 10.4. The van der Waals surface area contributed by atoms with Crippen LogP contribution in [-0.2, 0) is 29.7 Å². The molecule has 0 radical (unpaired) electrons. The minimum atomic E-state index is -3.49. The number of hydrogen-bond acceptors (Lipinski definition) is 5. The van der Waals surface area contributed by atoms with Gasteiger partial charge in [-0.1, -0.05) is 6.92 Å². The average molecular weight is 328 g/mol. The first kappa shape index (κ1) is 16.2. The third-order valence-electron chi connectivity index (χ3n) is 3.01. The summed E-state index contributed by atoms with van der Waals surface area (Å²) in [4.78, 5) is 5.14. The fourth-order valence-electron chi connectivity index (χ4n) is 2.03. The Morgan fingerprint density at radius 3 is 2.81 bits per heavy atom. The first-order valence-corrected chi connectivity index (χ1v) is 9.13. The number of aryl methyl sites for hydroxylation is 1. The summed E-state index contributed by atoms with van der Waals surface area (Å²) in [5.41, 5.74) is 2.66. The second-order valence-corrected chi connectivity index (χ2v) is 7.42. The fraction of sp³-hybridized carbons (Fsp3) is 0.462. The predicted octanol–water partition coefficient (Wildman–Crippen LogP) is 1.55. The number of aromatic nitrogens is 2. The summed E-state index contributed by atoms with van der Waals surface area (Å²) in [6.45, 7) is 3.79.